The summed E-state index contributed by atoms with van der Waals surface area (Å²) in [5.74, 6) is 0. The van der Waals surface area contributed by atoms with Crippen LogP contribution in [0.5, 0.6) is 0 Å². The Morgan fingerprint density at radius 2 is 2.22 bits per heavy atom. The molecule has 0 spiro atoms. The van der Waals surface area contributed by atoms with E-state index in [0.29, 0.717) is 6.42 Å². The molecule has 1 fully saturated rings. The SMILES string of the molecule is C[C@@]1(O)CCC[C@H](O)C1. The Hall–Kier alpha value is -0.0800. The Kier molecular flexibility index (Phi) is 1.78. The lowest BCUT2D eigenvalue weighted by Gasteiger charge is -2.30. The third-order valence-corrected chi connectivity index (χ3v) is 1.93. The van der Waals surface area contributed by atoms with E-state index in [-0.39, 0.29) is 6.10 Å². The third kappa shape index (κ3) is 1.95. The smallest absolute Gasteiger partial charge is 0.0644 e. The predicted molar refractivity (Wildman–Crippen MR) is 35.1 cm³/mol. The Morgan fingerprint density at radius 1 is 1.56 bits per heavy atom. The number of hydrogen-bond donors (Lipinski definition) is 2. The lowest BCUT2D eigenvalue weighted by atomic mass is 9.85. The minimum absolute atomic E-state index is 0.270. The molecule has 0 heterocycles. The maximum atomic E-state index is 9.38. The molecule has 54 valence electrons. The summed E-state index contributed by atoms with van der Waals surface area (Å²) in [5.41, 5.74) is -0.600. The molecular formula is C7H14O2. The van der Waals surface area contributed by atoms with Gasteiger partial charge >= 0.3 is 0 Å². The molecule has 1 aliphatic rings. The van der Waals surface area contributed by atoms with Crippen LogP contribution in [0.1, 0.15) is 32.6 Å². The molecule has 2 atom stereocenters. The summed E-state index contributed by atoms with van der Waals surface area (Å²) in [4.78, 5) is 0. The van der Waals surface area contributed by atoms with Gasteiger partial charge in [0.25, 0.3) is 0 Å². The van der Waals surface area contributed by atoms with Crippen molar-refractivity contribution in [1.29, 1.82) is 0 Å². The van der Waals surface area contributed by atoms with Crippen LogP contribution in [-0.4, -0.2) is 21.9 Å². The normalized spacial score (nSPS) is 45.0. The summed E-state index contributed by atoms with van der Waals surface area (Å²) >= 11 is 0. The van der Waals surface area contributed by atoms with E-state index in [0.717, 1.165) is 19.3 Å². The first-order valence-electron chi connectivity index (χ1n) is 3.51. The van der Waals surface area contributed by atoms with Crippen molar-refractivity contribution in [2.75, 3.05) is 0 Å². The van der Waals surface area contributed by atoms with E-state index in [9.17, 15) is 5.11 Å². The van der Waals surface area contributed by atoms with Crippen LogP contribution in [0.15, 0.2) is 0 Å². The van der Waals surface area contributed by atoms with E-state index in [1.165, 1.54) is 0 Å². The molecule has 2 heteroatoms. The number of aliphatic hydroxyl groups is 2. The summed E-state index contributed by atoms with van der Waals surface area (Å²) < 4.78 is 0. The monoisotopic (exact) mass is 130 g/mol. The van der Waals surface area contributed by atoms with E-state index < -0.39 is 5.60 Å². The van der Waals surface area contributed by atoms with Crippen LogP contribution in [-0.2, 0) is 0 Å². The Labute approximate surface area is 55.5 Å². The van der Waals surface area contributed by atoms with Crippen LogP contribution in [0.2, 0.25) is 0 Å². The van der Waals surface area contributed by atoms with Gasteiger partial charge < -0.3 is 10.2 Å². The molecule has 0 aliphatic heterocycles. The Bertz CT molecular complexity index is 99.1. The topological polar surface area (TPSA) is 40.5 Å². The molecule has 1 saturated carbocycles. The number of hydrogen-bond acceptors (Lipinski definition) is 2. The van der Waals surface area contributed by atoms with Gasteiger partial charge in [0.1, 0.15) is 0 Å². The quantitative estimate of drug-likeness (QED) is 0.506. The molecule has 0 saturated heterocycles. The zero-order valence-corrected chi connectivity index (χ0v) is 5.80. The zero-order valence-electron chi connectivity index (χ0n) is 5.80. The number of rotatable bonds is 0. The van der Waals surface area contributed by atoms with Gasteiger partial charge in [-0.1, -0.05) is 0 Å². The average molecular weight is 130 g/mol. The van der Waals surface area contributed by atoms with E-state index in [1.807, 2.05) is 0 Å². The van der Waals surface area contributed by atoms with Crippen LogP contribution < -0.4 is 0 Å². The van der Waals surface area contributed by atoms with Gasteiger partial charge in [0.15, 0.2) is 0 Å². The molecule has 0 aromatic heterocycles. The molecule has 0 radical (unpaired) electrons. The van der Waals surface area contributed by atoms with Gasteiger partial charge in [0.05, 0.1) is 11.7 Å². The van der Waals surface area contributed by atoms with Crippen molar-refractivity contribution in [2.45, 2.75) is 44.3 Å². The summed E-state index contributed by atoms with van der Waals surface area (Å²) in [7, 11) is 0. The molecule has 2 nitrogen and oxygen atoms in total. The second-order valence-corrected chi connectivity index (χ2v) is 3.25. The molecule has 0 amide bonds. The maximum Gasteiger partial charge on any atom is 0.0644 e. The Morgan fingerprint density at radius 3 is 2.56 bits per heavy atom. The largest absolute Gasteiger partial charge is 0.393 e. The fraction of sp³-hybridized carbons (Fsp3) is 1.00. The van der Waals surface area contributed by atoms with Crippen molar-refractivity contribution in [1.82, 2.24) is 0 Å². The molecule has 0 bridgehead atoms. The van der Waals surface area contributed by atoms with Gasteiger partial charge in [0, 0.05) is 6.42 Å². The minimum Gasteiger partial charge on any atom is -0.393 e. The van der Waals surface area contributed by atoms with Crippen LogP contribution >= 0.6 is 0 Å². The highest BCUT2D eigenvalue weighted by Crippen LogP contribution is 2.27. The minimum atomic E-state index is -0.600. The van der Waals surface area contributed by atoms with Crippen molar-refractivity contribution in [2.24, 2.45) is 0 Å². The molecule has 2 N–H and O–H groups in total. The highest BCUT2D eigenvalue weighted by atomic mass is 16.3. The Balaban J connectivity index is 2.41. The third-order valence-electron chi connectivity index (χ3n) is 1.93. The van der Waals surface area contributed by atoms with E-state index in [1.54, 1.807) is 6.92 Å². The first-order valence-corrected chi connectivity index (χ1v) is 3.51. The number of aliphatic hydroxyl groups excluding tert-OH is 1. The first kappa shape index (κ1) is 7.03. The highest BCUT2D eigenvalue weighted by molar-refractivity contribution is 4.81. The summed E-state index contributed by atoms with van der Waals surface area (Å²) in [5, 5.41) is 18.5. The van der Waals surface area contributed by atoms with Crippen molar-refractivity contribution in [3.63, 3.8) is 0 Å². The second-order valence-electron chi connectivity index (χ2n) is 3.25. The molecule has 0 aromatic carbocycles. The zero-order chi connectivity index (χ0) is 6.91. The van der Waals surface area contributed by atoms with Crippen LogP contribution in [0.4, 0.5) is 0 Å². The molecule has 9 heavy (non-hydrogen) atoms. The fourth-order valence-electron chi connectivity index (χ4n) is 1.43. The van der Waals surface area contributed by atoms with E-state index in [2.05, 4.69) is 0 Å². The van der Waals surface area contributed by atoms with E-state index >= 15 is 0 Å². The molecule has 0 aromatic rings. The van der Waals surface area contributed by atoms with Gasteiger partial charge in [0.2, 0.25) is 0 Å². The lowest BCUT2D eigenvalue weighted by molar-refractivity contribution is -0.0313. The fourth-order valence-corrected chi connectivity index (χ4v) is 1.43. The van der Waals surface area contributed by atoms with Gasteiger partial charge in [-0.25, -0.2) is 0 Å². The molecular weight excluding hydrogens is 116 g/mol. The van der Waals surface area contributed by atoms with Crippen molar-refractivity contribution >= 4 is 0 Å². The average Bonchev–Trinajstić information content (AvgIpc) is 1.60. The van der Waals surface area contributed by atoms with Crippen molar-refractivity contribution in [3.05, 3.63) is 0 Å². The van der Waals surface area contributed by atoms with Gasteiger partial charge in [-0.05, 0) is 26.2 Å². The molecule has 1 rings (SSSR count). The van der Waals surface area contributed by atoms with Gasteiger partial charge in [-0.3, -0.25) is 0 Å². The van der Waals surface area contributed by atoms with Crippen molar-refractivity contribution < 1.29 is 10.2 Å². The van der Waals surface area contributed by atoms with Crippen LogP contribution in [0.3, 0.4) is 0 Å². The standard InChI is InChI=1S/C7H14O2/c1-7(9)4-2-3-6(8)5-7/h6,8-9H,2-5H2,1H3/t6-,7+/m0/s1. The predicted octanol–water partition coefficient (Wildman–Crippen LogP) is 0.672. The van der Waals surface area contributed by atoms with Crippen molar-refractivity contribution in [3.8, 4) is 0 Å². The summed E-state index contributed by atoms with van der Waals surface area (Å²) in [6, 6.07) is 0. The van der Waals surface area contributed by atoms with E-state index in [4.69, 9.17) is 5.11 Å². The van der Waals surface area contributed by atoms with Gasteiger partial charge in [-0.2, -0.15) is 0 Å². The van der Waals surface area contributed by atoms with Crippen LogP contribution in [0.25, 0.3) is 0 Å². The second kappa shape index (κ2) is 2.27. The highest BCUT2D eigenvalue weighted by Gasteiger charge is 2.28. The molecule has 0 unspecified atom stereocenters. The lowest BCUT2D eigenvalue weighted by Crippen LogP contribution is -2.34. The molecule has 1 aliphatic carbocycles. The maximum absolute atomic E-state index is 9.38. The summed E-state index contributed by atoms with van der Waals surface area (Å²) in [6.07, 6.45) is 2.93. The first-order chi connectivity index (χ1) is 4.10. The van der Waals surface area contributed by atoms with Gasteiger partial charge in [-0.15, -0.1) is 0 Å². The summed E-state index contributed by atoms with van der Waals surface area (Å²) in [6.45, 7) is 1.79. The van der Waals surface area contributed by atoms with Crippen LogP contribution in [0, 0.1) is 0 Å².